The molecule has 0 saturated carbocycles. The lowest BCUT2D eigenvalue weighted by atomic mass is 9.94. The Balaban J connectivity index is 1.15. The van der Waals surface area contributed by atoms with Crippen LogP contribution in [0.15, 0.2) is 29.7 Å². The number of benzene rings is 3. The molecule has 3 aromatic carbocycles. The van der Waals surface area contributed by atoms with Crippen LogP contribution in [0.5, 0.6) is 17.2 Å². The van der Waals surface area contributed by atoms with Crippen molar-refractivity contribution < 1.29 is 63.7 Å². The van der Waals surface area contributed by atoms with E-state index in [1.165, 1.54) is 0 Å². The molecule has 3 atom stereocenters. The lowest BCUT2D eigenvalue weighted by Gasteiger charge is -2.24. The number of aliphatic carboxylic acids is 1. The molecule has 0 saturated heterocycles. The maximum atomic E-state index is 14.3. The number of aliphatic imine (C=N–C) groups is 3. The van der Waals surface area contributed by atoms with Crippen LogP contribution in [0.4, 0.5) is 0 Å². The van der Waals surface area contributed by atoms with E-state index in [0.717, 1.165) is 16.7 Å². The van der Waals surface area contributed by atoms with Gasteiger partial charge in [0.1, 0.15) is 52.7 Å². The van der Waals surface area contributed by atoms with Gasteiger partial charge in [0.15, 0.2) is 0 Å². The number of nitrogens with one attached hydrogen (secondary N) is 6. The maximum Gasteiger partial charge on any atom is 0.322 e. The highest BCUT2D eigenvalue weighted by molar-refractivity contribution is 7.90. The van der Waals surface area contributed by atoms with Gasteiger partial charge in [-0.15, -0.1) is 0 Å². The van der Waals surface area contributed by atoms with Crippen molar-refractivity contribution in [3.8, 4) is 17.2 Å². The Morgan fingerprint density at radius 2 is 0.764 bits per heavy atom. The van der Waals surface area contributed by atoms with Crippen molar-refractivity contribution in [2.75, 3.05) is 26.2 Å². The van der Waals surface area contributed by atoms with Crippen molar-refractivity contribution in [1.82, 2.24) is 30.1 Å². The first kappa shape index (κ1) is 70.6. The highest BCUT2D eigenvalue weighted by Gasteiger charge is 2.40. The first-order valence-corrected chi connectivity index (χ1v) is 33.8. The van der Waals surface area contributed by atoms with Crippen LogP contribution in [-0.2, 0) is 68.5 Å². The number of guanidine groups is 3. The van der Waals surface area contributed by atoms with Crippen molar-refractivity contribution in [2.45, 2.75) is 211 Å². The lowest BCUT2D eigenvalue weighted by molar-refractivity contribution is -0.138. The monoisotopic (exact) mass is 1300 g/mol. The summed E-state index contributed by atoms with van der Waals surface area (Å²) < 4.78 is 108. The number of carbonyl (C=O) groups excluding carboxylic acids is 3. The van der Waals surface area contributed by atoms with Crippen molar-refractivity contribution >= 4 is 71.6 Å². The molecular weight excluding hydrogens is 1210 g/mol. The first-order valence-electron chi connectivity index (χ1n) is 29.3. The number of carboxylic acid groups (broad SMARTS) is 1. The summed E-state index contributed by atoms with van der Waals surface area (Å²) in [4.78, 5) is 65.9. The van der Waals surface area contributed by atoms with E-state index in [9.17, 15) is 49.5 Å². The molecule has 30 heteroatoms. The van der Waals surface area contributed by atoms with Gasteiger partial charge in [-0.25, -0.2) is 39.4 Å². The zero-order chi connectivity index (χ0) is 66.8. The van der Waals surface area contributed by atoms with E-state index in [1.54, 1.807) is 62.3 Å². The summed E-state index contributed by atoms with van der Waals surface area (Å²) in [6, 6.07) is -4.14. The summed E-state index contributed by atoms with van der Waals surface area (Å²) in [5.41, 5.74) is 30.4. The number of amides is 3. The van der Waals surface area contributed by atoms with Crippen LogP contribution in [-0.4, -0.2) is 133 Å². The predicted octanol–water partition coefficient (Wildman–Crippen LogP) is 2.62. The normalized spacial score (nSPS) is 17.0. The largest absolute Gasteiger partial charge is 0.487 e. The van der Waals surface area contributed by atoms with Gasteiger partial charge in [0.2, 0.25) is 35.6 Å². The van der Waals surface area contributed by atoms with Crippen LogP contribution in [0.1, 0.15) is 147 Å². The number of nitrogens with two attached hydrogens (primary N) is 4. The van der Waals surface area contributed by atoms with Gasteiger partial charge in [-0.2, -0.15) is 0 Å². The number of ether oxygens (including phenoxy) is 3. The molecule has 3 amide bonds. The van der Waals surface area contributed by atoms with Crippen molar-refractivity contribution in [1.29, 1.82) is 0 Å². The zero-order valence-corrected chi connectivity index (χ0v) is 56.0. The third-order valence-electron chi connectivity index (χ3n) is 16.2. The van der Waals surface area contributed by atoms with Crippen LogP contribution in [0.25, 0.3) is 0 Å². The molecule has 0 radical (unpaired) electrons. The van der Waals surface area contributed by atoms with Crippen LogP contribution in [0.2, 0.25) is 0 Å². The second-order valence-corrected chi connectivity index (χ2v) is 29.9. The molecule has 0 spiro atoms. The second-order valence-electron chi connectivity index (χ2n) is 25.0. The minimum absolute atomic E-state index is 0.00614. The standard InChI is InChI=1S/C59H89N13O14S3/c1-29-32(4)48(35(7)38-25-57(10,11)84-45(29)38)87(78,79)70-54(61)64-22-16-19-41(60)51(75)68-43(21-18-24-66-56(63)72-89(82,83)50-34(6)31(3)47-40(37(50)9)27-59(14,15)86-47)53(77)69-42(52(76)67-28-44(73)74)20-17-23-65-55(62)71-88(80,81)49-33(5)30(2)46-39(36(49)8)26-58(12,13)85-46/h41-43H,16-28,60H2,1-15H3,(H,67,76)(H,68,75)(H,69,77)(H,73,74)(H3,61,64,70)(H3,62,65,71)(H3,63,66,72)/t41-,42-,43-/m0/s1. The third kappa shape index (κ3) is 16.5. The van der Waals surface area contributed by atoms with Gasteiger partial charge in [-0.3, -0.25) is 34.2 Å². The van der Waals surface area contributed by atoms with Crippen molar-refractivity contribution in [3.63, 3.8) is 0 Å². The van der Waals surface area contributed by atoms with E-state index >= 15 is 0 Å². The number of carbonyl (C=O) groups is 4. The first-order chi connectivity index (χ1) is 41.0. The minimum atomic E-state index is -4.28. The average molecular weight is 1300 g/mol. The highest BCUT2D eigenvalue weighted by atomic mass is 32.2. The molecule has 0 aromatic heterocycles. The molecule has 3 aliphatic heterocycles. The van der Waals surface area contributed by atoms with Gasteiger partial charge in [-0.1, -0.05) is 0 Å². The van der Waals surface area contributed by atoms with Crippen LogP contribution in [0, 0.1) is 62.3 Å². The number of rotatable bonds is 25. The van der Waals surface area contributed by atoms with Crippen LogP contribution < -0.4 is 67.3 Å². The molecule has 492 valence electrons. The van der Waals surface area contributed by atoms with Gasteiger partial charge in [0.25, 0.3) is 30.1 Å². The zero-order valence-electron chi connectivity index (χ0n) is 53.6. The number of sulfonamides is 3. The Kier molecular flexibility index (Phi) is 21.4. The minimum Gasteiger partial charge on any atom is -0.487 e. The molecule has 89 heavy (non-hydrogen) atoms. The fourth-order valence-electron chi connectivity index (χ4n) is 11.6. The number of nitrogens with zero attached hydrogens (tertiary/aromatic N) is 3. The van der Waals surface area contributed by atoms with E-state index in [4.69, 9.17) is 37.1 Å². The van der Waals surface area contributed by atoms with Gasteiger partial charge >= 0.3 is 5.97 Å². The number of hydrogen-bond donors (Lipinski definition) is 11. The highest BCUT2D eigenvalue weighted by Crippen LogP contribution is 2.46. The van der Waals surface area contributed by atoms with E-state index in [0.29, 0.717) is 86.6 Å². The van der Waals surface area contributed by atoms with Crippen molar-refractivity contribution in [2.24, 2.45) is 37.9 Å². The van der Waals surface area contributed by atoms with Crippen molar-refractivity contribution in [3.05, 3.63) is 66.8 Å². The quantitative estimate of drug-likeness (QED) is 0.0330. The lowest BCUT2D eigenvalue weighted by Crippen LogP contribution is -2.56. The number of hydrogen-bond acceptors (Lipinski definition) is 17. The Morgan fingerprint density at radius 1 is 0.472 bits per heavy atom. The second kappa shape index (κ2) is 26.9. The SMILES string of the molecule is Cc1c(C)c(S(=O)(=O)NC(N)=NCCC[C@H](NC(=O)[C@H](CCCN=C(N)NS(=O)(=O)c2c(C)c(C)c3c(c2C)CC(C)(C)O3)NC(=O)[C@@H](N)CCCN=C(N)NS(=O)(=O)c2c(C)c(C)c3c(c2C)CC(C)(C)O3)C(=O)NCC(=O)O)c(C)c2c1OC(C)(C)C2. The van der Waals surface area contributed by atoms with Crippen LogP contribution >= 0.6 is 0 Å². The number of carboxylic acids is 1. The molecule has 0 unspecified atom stereocenters. The summed E-state index contributed by atoms with van der Waals surface area (Å²) in [7, 11) is -12.8. The number of fused-ring (bicyclic) bond motifs is 3. The molecule has 0 fully saturated rings. The third-order valence-corrected chi connectivity index (χ3v) is 21.1. The molecule has 0 aliphatic carbocycles. The molecular formula is C59H89N13O14S3. The molecule has 27 nitrogen and oxygen atoms in total. The molecule has 6 rings (SSSR count). The topological polar surface area (TPSA) is 432 Å². The average Bonchev–Trinajstić information content (AvgIpc) is 1.75. The Bertz CT molecular complexity index is 3790. The Hall–Kier alpha value is -7.44. The summed E-state index contributed by atoms with van der Waals surface area (Å²) in [6.07, 6.45) is 1.18. The summed E-state index contributed by atoms with van der Waals surface area (Å²) in [5.74, 6) is -3.40. The van der Waals surface area contributed by atoms with Crippen LogP contribution in [0.3, 0.4) is 0 Å². The molecule has 3 heterocycles. The molecule has 15 N–H and O–H groups in total. The predicted molar refractivity (Wildman–Crippen MR) is 338 cm³/mol. The Labute approximate surface area is 522 Å². The van der Waals surface area contributed by atoms with Gasteiger partial charge < -0.3 is 58.2 Å². The summed E-state index contributed by atoms with van der Waals surface area (Å²) in [6.45, 7) is 25.7. The maximum absolute atomic E-state index is 14.3. The van der Waals surface area contributed by atoms with Gasteiger partial charge in [0, 0.05) is 55.6 Å². The van der Waals surface area contributed by atoms with Gasteiger partial charge in [-0.05, 0) is 192 Å². The molecule has 3 aliphatic rings. The fraction of sp³-hybridized carbons (Fsp3) is 0.576. The van der Waals surface area contributed by atoms with E-state index in [2.05, 4.69) is 45.1 Å². The summed E-state index contributed by atoms with van der Waals surface area (Å²) >= 11 is 0. The van der Waals surface area contributed by atoms with E-state index < -0.39 is 113 Å². The fourth-order valence-corrected chi connectivity index (χ4v) is 16.2. The van der Waals surface area contributed by atoms with E-state index in [1.807, 2.05) is 41.5 Å². The molecule has 3 aromatic rings. The Morgan fingerprint density at radius 3 is 1.08 bits per heavy atom. The van der Waals surface area contributed by atoms with Gasteiger partial charge in [0.05, 0.1) is 20.7 Å². The molecule has 0 bridgehead atoms. The smallest absolute Gasteiger partial charge is 0.322 e. The summed E-state index contributed by atoms with van der Waals surface area (Å²) in [5, 5.41) is 16.8. The van der Waals surface area contributed by atoms with E-state index in [-0.39, 0.29) is 72.8 Å².